The average molecular weight is 332 g/mol. The molecule has 0 spiro atoms. The van der Waals surface area contributed by atoms with Crippen molar-refractivity contribution in [2.45, 2.75) is 72.6 Å². The summed E-state index contributed by atoms with van der Waals surface area (Å²) in [6.45, 7) is 21.9. The summed E-state index contributed by atoms with van der Waals surface area (Å²) < 4.78 is 2.58. The van der Waals surface area contributed by atoms with Crippen molar-refractivity contribution >= 4 is 13.8 Å². The van der Waals surface area contributed by atoms with Gasteiger partial charge in [-0.25, -0.2) is 0 Å². The number of aryl methyl sites for hydroxylation is 3. The summed E-state index contributed by atoms with van der Waals surface area (Å²) in [5.74, 6) is 0. The molecule has 0 bridgehead atoms. The van der Waals surface area contributed by atoms with Crippen molar-refractivity contribution in [3.63, 3.8) is 0 Å². The van der Waals surface area contributed by atoms with E-state index in [0.29, 0.717) is 10.3 Å². The topological polar surface area (TPSA) is 6.48 Å². The van der Waals surface area contributed by atoms with Gasteiger partial charge in [0, 0.05) is 36.5 Å². The van der Waals surface area contributed by atoms with Crippen molar-refractivity contribution in [2.75, 3.05) is 11.6 Å². The van der Waals surface area contributed by atoms with Crippen LogP contribution in [-0.2, 0) is 0 Å². The van der Waals surface area contributed by atoms with E-state index < -0.39 is 0 Å². The van der Waals surface area contributed by atoms with E-state index in [1.807, 2.05) is 0 Å². The lowest BCUT2D eigenvalue weighted by atomic mass is 10.0. The van der Waals surface area contributed by atoms with Gasteiger partial charge in [-0.1, -0.05) is 59.2 Å². The summed E-state index contributed by atoms with van der Waals surface area (Å²) in [4.78, 5) is 2.41. The molecule has 0 fully saturated rings. The molecule has 1 heterocycles. The Morgan fingerprint density at radius 2 is 1.30 bits per heavy atom. The SMILES string of the molecule is Cc1cc(C)c(N2C=CN(P(C(C)(C)C)C(C)(C)C)C2)c(C)c1. The molecule has 0 radical (unpaired) electrons. The maximum Gasteiger partial charge on any atom is 0.0976 e. The minimum absolute atomic E-state index is 0.282. The molecule has 0 unspecified atom stereocenters. The molecule has 1 aromatic rings. The molecule has 0 saturated heterocycles. The highest BCUT2D eigenvalue weighted by atomic mass is 31.1. The number of hydrogen-bond acceptors (Lipinski definition) is 2. The zero-order valence-electron chi connectivity index (χ0n) is 16.4. The molecule has 1 aliphatic heterocycles. The van der Waals surface area contributed by atoms with Gasteiger partial charge in [0.2, 0.25) is 0 Å². The fourth-order valence-electron chi connectivity index (χ4n) is 4.09. The number of anilines is 1. The molecule has 128 valence electrons. The van der Waals surface area contributed by atoms with E-state index in [2.05, 4.69) is 96.4 Å². The van der Waals surface area contributed by atoms with Gasteiger partial charge in [0.25, 0.3) is 0 Å². The predicted molar refractivity (Wildman–Crippen MR) is 105 cm³/mol. The van der Waals surface area contributed by atoms with Crippen molar-refractivity contribution in [3.05, 3.63) is 41.2 Å². The van der Waals surface area contributed by atoms with Crippen LogP contribution >= 0.6 is 8.07 Å². The summed E-state index contributed by atoms with van der Waals surface area (Å²) in [5, 5.41) is 0.594. The maximum absolute atomic E-state index is 2.58. The molecule has 1 aromatic carbocycles. The lowest BCUT2D eigenvalue weighted by molar-refractivity contribution is 0.570. The standard InChI is InChI=1S/C20H33N2P/c1-15-12-16(2)18(17(3)13-15)21-10-11-22(14-21)23(19(4,5)6)20(7,8)9/h10-13H,14H2,1-9H3. The van der Waals surface area contributed by atoms with E-state index in [1.165, 1.54) is 22.4 Å². The van der Waals surface area contributed by atoms with Crippen LogP contribution in [0.3, 0.4) is 0 Å². The predicted octanol–water partition coefficient (Wildman–Crippen LogP) is 6.16. The van der Waals surface area contributed by atoms with E-state index in [0.717, 1.165) is 6.67 Å². The summed E-state index contributed by atoms with van der Waals surface area (Å²) >= 11 is 0. The average Bonchev–Trinajstić information content (AvgIpc) is 2.71. The highest BCUT2D eigenvalue weighted by Crippen LogP contribution is 2.62. The first-order valence-corrected chi connectivity index (χ1v) is 9.80. The second-order valence-electron chi connectivity index (χ2n) is 8.75. The van der Waals surface area contributed by atoms with Gasteiger partial charge in [0.05, 0.1) is 6.67 Å². The molecule has 2 nitrogen and oxygen atoms in total. The minimum atomic E-state index is -0.282. The molecular weight excluding hydrogens is 299 g/mol. The second-order valence-corrected chi connectivity index (χ2v) is 12.6. The van der Waals surface area contributed by atoms with E-state index >= 15 is 0 Å². The summed E-state index contributed by atoms with van der Waals surface area (Å²) in [6.07, 6.45) is 4.57. The number of nitrogens with zero attached hydrogens (tertiary/aromatic N) is 2. The zero-order chi connectivity index (χ0) is 17.6. The van der Waals surface area contributed by atoms with Crippen LogP contribution in [0.4, 0.5) is 5.69 Å². The first-order chi connectivity index (χ1) is 10.4. The van der Waals surface area contributed by atoms with Gasteiger partial charge in [-0.2, -0.15) is 0 Å². The Morgan fingerprint density at radius 1 is 0.826 bits per heavy atom. The first-order valence-electron chi connectivity index (χ1n) is 8.51. The highest BCUT2D eigenvalue weighted by Gasteiger charge is 2.40. The van der Waals surface area contributed by atoms with Gasteiger partial charge in [0.1, 0.15) is 0 Å². The first kappa shape index (κ1) is 18.3. The lowest BCUT2D eigenvalue weighted by Crippen LogP contribution is -2.35. The van der Waals surface area contributed by atoms with Crippen LogP contribution in [0, 0.1) is 20.8 Å². The molecule has 0 amide bonds. The summed E-state index contributed by atoms with van der Waals surface area (Å²) in [5.41, 5.74) is 5.44. The molecule has 0 N–H and O–H groups in total. The maximum atomic E-state index is 2.58. The van der Waals surface area contributed by atoms with Crippen LogP contribution in [0.2, 0.25) is 0 Å². The quantitative estimate of drug-likeness (QED) is 0.599. The molecule has 3 heteroatoms. The van der Waals surface area contributed by atoms with Crippen LogP contribution in [-0.4, -0.2) is 21.7 Å². The Balaban J connectivity index is 2.30. The number of benzene rings is 1. The van der Waals surface area contributed by atoms with Crippen LogP contribution < -0.4 is 4.90 Å². The van der Waals surface area contributed by atoms with Crippen LogP contribution in [0.5, 0.6) is 0 Å². The van der Waals surface area contributed by atoms with Gasteiger partial charge in [-0.15, -0.1) is 0 Å². The molecule has 2 rings (SSSR count). The fourth-order valence-corrected chi connectivity index (χ4v) is 8.09. The molecule has 0 saturated carbocycles. The van der Waals surface area contributed by atoms with E-state index in [9.17, 15) is 0 Å². The summed E-state index contributed by atoms with van der Waals surface area (Å²) in [6, 6.07) is 4.57. The number of rotatable bonds is 2. The highest BCUT2D eigenvalue weighted by molar-refractivity contribution is 7.58. The minimum Gasteiger partial charge on any atom is -0.336 e. The van der Waals surface area contributed by atoms with Crippen molar-refractivity contribution < 1.29 is 0 Å². The Hall–Kier alpha value is -1.01. The second kappa shape index (κ2) is 6.13. The summed E-state index contributed by atoms with van der Waals surface area (Å²) in [7, 11) is -0.282. The Morgan fingerprint density at radius 3 is 1.74 bits per heavy atom. The van der Waals surface area contributed by atoms with Crippen molar-refractivity contribution in [1.29, 1.82) is 0 Å². The fraction of sp³-hybridized carbons (Fsp3) is 0.600. The Labute approximate surface area is 144 Å². The molecule has 0 atom stereocenters. The molecule has 0 aliphatic carbocycles. The molecule has 0 aromatic heterocycles. The monoisotopic (exact) mass is 332 g/mol. The Bertz CT molecular complexity index is 568. The van der Waals surface area contributed by atoms with E-state index in [4.69, 9.17) is 0 Å². The largest absolute Gasteiger partial charge is 0.336 e. The smallest absolute Gasteiger partial charge is 0.0976 e. The third kappa shape index (κ3) is 3.91. The molecule has 1 aliphatic rings. The van der Waals surface area contributed by atoms with Crippen molar-refractivity contribution in [1.82, 2.24) is 4.67 Å². The number of hydrogen-bond donors (Lipinski definition) is 0. The third-order valence-electron chi connectivity index (χ3n) is 4.17. The van der Waals surface area contributed by atoms with E-state index in [1.54, 1.807) is 0 Å². The van der Waals surface area contributed by atoms with Gasteiger partial charge in [-0.05, 0) is 31.9 Å². The molecular formula is C20H33N2P. The Kier molecular flexibility index (Phi) is 4.89. The van der Waals surface area contributed by atoms with Crippen LogP contribution in [0.25, 0.3) is 0 Å². The van der Waals surface area contributed by atoms with Crippen molar-refractivity contribution in [3.8, 4) is 0 Å². The van der Waals surface area contributed by atoms with Gasteiger partial charge in [-0.3, -0.25) is 0 Å². The lowest BCUT2D eigenvalue weighted by Gasteiger charge is -2.46. The van der Waals surface area contributed by atoms with Gasteiger partial charge >= 0.3 is 0 Å². The zero-order valence-corrected chi connectivity index (χ0v) is 17.3. The normalized spacial score (nSPS) is 15.9. The van der Waals surface area contributed by atoms with Gasteiger partial charge < -0.3 is 9.57 Å². The third-order valence-corrected chi connectivity index (χ3v) is 7.48. The van der Waals surface area contributed by atoms with E-state index in [-0.39, 0.29) is 8.07 Å². The molecule has 23 heavy (non-hydrogen) atoms. The van der Waals surface area contributed by atoms with Crippen LogP contribution in [0.15, 0.2) is 24.5 Å². The van der Waals surface area contributed by atoms with Crippen LogP contribution in [0.1, 0.15) is 58.2 Å². The van der Waals surface area contributed by atoms with Crippen molar-refractivity contribution in [2.24, 2.45) is 0 Å². The van der Waals surface area contributed by atoms with Gasteiger partial charge in [0.15, 0.2) is 0 Å².